The number of ether oxygens (including phenoxy) is 2. The SMILES string of the molecule is CCOc1ccc(C(O)=CC(=O)C(=O)Nc2ccc([N+](=O)[O-])cc2OC)cc1. The summed E-state index contributed by atoms with van der Waals surface area (Å²) in [5, 5.41) is 23.1. The number of carbonyl (C=O) groups is 2. The quantitative estimate of drug-likeness (QED) is 0.234. The number of aliphatic hydroxyl groups is 1. The molecular formula is C19H18N2O7. The zero-order chi connectivity index (χ0) is 20.7. The van der Waals surface area contributed by atoms with Gasteiger partial charge in [-0.25, -0.2) is 0 Å². The van der Waals surface area contributed by atoms with Gasteiger partial charge < -0.3 is 19.9 Å². The van der Waals surface area contributed by atoms with Crippen LogP contribution in [0.1, 0.15) is 12.5 Å². The van der Waals surface area contributed by atoms with E-state index >= 15 is 0 Å². The largest absolute Gasteiger partial charge is 0.507 e. The van der Waals surface area contributed by atoms with E-state index in [1.165, 1.54) is 13.2 Å². The fourth-order valence-electron chi connectivity index (χ4n) is 2.24. The molecule has 2 N–H and O–H groups in total. The minimum atomic E-state index is -1.04. The Balaban J connectivity index is 2.12. The fraction of sp³-hybridized carbons (Fsp3) is 0.158. The minimum Gasteiger partial charge on any atom is -0.507 e. The summed E-state index contributed by atoms with van der Waals surface area (Å²) in [4.78, 5) is 34.3. The van der Waals surface area contributed by atoms with Crippen LogP contribution in [-0.4, -0.2) is 35.4 Å². The van der Waals surface area contributed by atoms with Crippen molar-refractivity contribution >= 4 is 28.8 Å². The highest BCUT2D eigenvalue weighted by Crippen LogP contribution is 2.29. The second-order valence-electron chi connectivity index (χ2n) is 5.45. The number of amides is 1. The molecule has 0 aliphatic heterocycles. The van der Waals surface area contributed by atoms with Crippen molar-refractivity contribution < 1.29 is 29.1 Å². The van der Waals surface area contributed by atoms with E-state index < -0.39 is 16.6 Å². The number of nitrogens with one attached hydrogen (secondary N) is 1. The molecule has 0 unspecified atom stereocenters. The molecule has 0 spiro atoms. The molecule has 0 radical (unpaired) electrons. The van der Waals surface area contributed by atoms with E-state index in [1.54, 1.807) is 24.3 Å². The van der Waals surface area contributed by atoms with E-state index in [0.29, 0.717) is 17.9 Å². The third-order valence-corrected chi connectivity index (χ3v) is 3.60. The van der Waals surface area contributed by atoms with Crippen LogP contribution >= 0.6 is 0 Å². The van der Waals surface area contributed by atoms with Crippen molar-refractivity contribution in [2.24, 2.45) is 0 Å². The number of nitro benzene ring substituents is 1. The Morgan fingerprint density at radius 3 is 2.46 bits per heavy atom. The standard InChI is InChI=1S/C19H18N2O7/c1-3-28-14-7-4-12(5-8-14)16(22)11-17(23)19(24)20-15-9-6-13(21(25)26)10-18(15)27-2/h4-11,22H,3H2,1-2H3,(H,20,24). The van der Waals surface area contributed by atoms with Gasteiger partial charge in [0, 0.05) is 17.7 Å². The van der Waals surface area contributed by atoms with Crippen LogP contribution in [0.2, 0.25) is 0 Å². The van der Waals surface area contributed by atoms with Gasteiger partial charge in [-0.3, -0.25) is 19.7 Å². The van der Waals surface area contributed by atoms with Gasteiger partial charge in [-0.05, 0) is 37.3 Å². The number of aliphatic hydroxyl groups excluding tert-OH is 1. The van der Waals surface area contributed by atoms with Crippen molar-refractivity contribution in [2.75, 3.05) is 19.0 Å². The number of anilines is 1. The average Bonchev–Trinajstić information content (AvgIpc) is 2.68. The molecule has 1 amide bonds. The number of hydrogen-bond donors (Lipinski definition) is 2. The second-order valence-corrected chi connectivity index (χ2v) is 5.45. The predicted octanol–water partition coefficient (Wildman–Crippen LogP) is 3.11. The zero-order valence-electron chi connectivity index (χ0n) is 15.2. The van der Waals surface area contributed by atoms with Gasteiger partial charge in [0.25, 0.3) is 11.6 Å². The number of non-ortho nitro benzene ring substituents is 1. The number of benzene rings is 2. The van der Waals surface area contributed by atoms with Crippen LogP contribution in [0.3, 0.4) is 0 Å². The molecule has 0 aromatic heterocycles. The van der Waals surface area contributed by atoms with Crippen LogP contribution in [-0.2, 0) is 9.59 Å². The summed E-state index contributed by atoms with van der Waals surface area (Å²) in [5.74, 6) is -1.81. The van der Waals surface area contributed by atoms with Gasteiger partial charge in [0.1, 0.15) is 17.3 Å². The van der Waals surface area contributed by atoms with E-state index in [4.69, 9.17) is 9.47 Å². The highest BCUT2D eigenvalue weighted by atomic mass is 16.6. The summed E-state index contributed by atoms with van der Waals surface area (Å²) < 4.78 is 10.3. The topological polar surface area (TPSA) is 128 Å². The first-order valence-electron chi connectivity index (χ1n) is 8.17. The number of carbonyl (C=O) groups excluding carboxylic acids is 2. The average molecular weight is 386 g/mol. The normalized spacial score (nSPS) is 10.9. The van der Waals surface area contributed by atoms with E-state index in [2.05, 4.69) is 5.32 Å². The fourth-order valence-corrected chi connectivity index (χ4v) is 2.24. The van der Waals surface area contributed by atoms with Gasteiger partial charge in [-0.15, -0.1) is 0 Å². The molecule has 2 rings (SSSR count). The summed E-state index contributed by atoms with van der Waals surface area (Å²) in [5.41, 5.74) is 0.187. The van der Waals surface area contributed by atoms with Crippen LogP contribution < -0.4 is 14.8 Å². The third kappa shape index (κ3) is 5.07. The molecule has 0 aliphatic carbocycles. The van der Waals surface area contributed by atoms with Gasteiger partial charge >= 0.3 is 0 Å². The van der Waals surface area contributed by atoms with Crippen molar-refractivity contribution in [3.8, 4) is 11.5 Å². The Hall–Kier alpha value is -3.88. The number of rotatable bonds is 8. The number of nitrogens with zero attached hydrogens (tertiary/aromatic N) is 1. The highest BCUT2D eigenvalue weighted by Gasteiger charge is 2.17. The minimum absolute atomic E-state index is 0.0232. The van der Waals surface area contributed by atoms with Crippen molar-refractivity contribution in [3.05, 3.63) is 64.2 Å². The molecule has 9 heteroatoms. The monoisotopic (exact) mass is 386 g/mol. The first-order valence-corrected chi connectivity index (χ1v) is 8.17. The second kappa shape index (κ2) is 9.17. The number of hydrogen-bond acceptors (Lipinski definition) is 7. The Morgan fingerprint density at radius 1 is 1.21 bits per heavy atom. The lowest BCUT2D eigenvalue weighted by Crippen LogP contribution is -2.21. The molecule has 2 aromatic rings. The molecule has 2 aromatic carbocycles. The van der Waals surface area contributed by atoms with Gasteiger partial charge in [0.05, 0.1) is 30.4 Å². The summed E-state index contributed by atoms with van der Waals surface area (Å²) in [6, 6.07) is 9.86. The highest BCUT2D eigenvalue weighted by molar-refractivity contribution is 6.45. The van der Waals surface area contributed by atoms with Crippen LogP contribution in [0.4, 0.5) is 11.4 Å². The maximum absolute atomic E-state index is 12.1. The van der Waals surface area contributed by atoms with Crippen LogP contribution in [0, 0.1) is 10.1 Å². The van der Waals surface area contributed by atoms with Crippen molar-refractivity contribution in [1.82, 2.24) is 0 Å². The molecule has 146 valence electrons. The van der Waals surface area contributed by atoms with Crippen LogP contribution in [0.5, 0.6) is 11.5 Å². The Labute approximate surface area is 160 Å². The summed E-state index contributed by atoms with van der Waals surface area (Å²) in [6.07, 6.45) is 0.781. The lowest BCUT2D eigenvalue weighted by molar-refractivity contribution is -0.384. The third-order valence-electron chi connectivity index (χ3n) is 3.60. The molecule has 28 heavy (non-hydrogen) atoms. The van der Waals surface area contributed by atoms with Crippen molar-refractivity contribution in [2.45, 2.75) is 6.92 Å². The summed E-state index contributed by atoms with van der Waals surface area (Å²) in [7, 11) is 1.27. The van der Waals surface area contributed by atoms with Crippen molar-refractivity contribution in [3.63, 3.8) is 0 Å². The van der Waals surface area contributed by atoms with Crippen molar-refractivity contribution in [1.29, 1.82) is 0 Å². The molecular weight excluding hydrogens is 368 g/mol. The van der Waals surface area contributed by atoms with Gasteiger partial charge in [-0.2, -0.15) is 0 Å². The molecule has 0 aliphatic rings. The van der Waals surface area contributed by atoms with E-state index in [0.717, 1.165) is 18.2 Å². The van der Waals surface area contributed by atoms with E-state index in [9.17, 15) is 24.8 Å². The number of ketones is 1. The molecule has 0 fully saturated rings. The molecule has 0 saturated carbocycles. The van der Waals surface area contributed by atoms with Crippen LogP contribution in [0.15, 0.2) is 48.5 Å². The van der Waals surface area contributed by atoms with Gasteiger partial charge in [0.15, 0.2) is 0 Å². The number of methoxy groups -OCH3 is 1. The lowest BCUT2D eigenvalue weighted by atomic mass is 10.1. The number of nitro groups is 1. The van der Waals surface area contributed by atoms with E-state index in [1.807, 2.05) is 6.92 Å². The Kier molecular flexibility index (Phi) is 6.69. The molecule has 0 saturated heterocycles. The molecule has 0 atom stereocenters. The first kappa shape index (κ1) is 20.4. The smallest absolute Gasteiger partial charge is 0.296 e. The van der Waals surface area contributed by atoms with Crippen LogP contribution in [0.25, 0.3) is 5.76 Å². The Morgan fingerprint density at radius 2 is 1.89 bits per heavy atom. The predicted molar refractivity (Wildman–Crippen MR) is 102 cm³/mol. The van der Waals surface area contributed by atoms with E-state index in [-0.39, 0.29) is 22.9 Å². The van der Waals surface area contributed by atoms with Gasteiger partial charge in [-0.1, -0.05) is 0 Å². The zero-order valence-corrected chi connectivity index (χ0v) is 15.2. The maximum atomic E-state index is 12.1. The summed E-state index contributed by atoms with van der Waals surface area (Å²) in [6.45, 7) is 2.33. The molecule has 0 heterocycles. The van der Waals surface area contributed by atoms with Gasteiger partial charge in [0.2, 0.25) is 5.78 Å². The first-order chi connectivity index (χ1) is 13.3. The summed E-state index contributed by atoms with van der Waals surface area (Å²) >= 11 is 0. The maximum Gasteiger partial charge on any atom is 0.296 e. The lowest BCUT2D eigenvalue weighted by Gasteiger charge is -2.09. The Bertz CT molecular complexity index is 920. The molecule has 9 nitrogen and oxygen atoms in total. The molecule has 0 bridgehead atoms.